The molecule has 0 atom stereocenters. The van der Waals surface area contributed by atoms with Crippen molar-refractivity contribution in [2.75, 3.05) is 0 Å². The van der Waals surface area contributed by atoms with Crippen LogP contribution in [0.2, 0.25) is 0 Å². The maximum atomic E-state index is 10.0. The standard InChI is InChI=1S/C15H12N2O/c18-14(11-6-2-1-3-7-11)10-15-16-12-8-4-5-9-13(12)17-15/h1-10,18H,(H,16,17). The Hall–Kier alpha value is -2.55. The Morgan fingerprint density at radius 2 is 1.72 bits per heavy atom. The third-order valence-electron chi connectivity index (χ3n) is 2.75. The average Bonchev–Trinajstić information content (AvgIpc) is 2.82. The van der Waals surface area contributed by atoms with Crippen LogP contribution in [0, 0.1) is 0 Å². The molecule has 1 aromatic heterocycles. The van der Waals surface area contributed by atoms with E-state index < -0.39 is 0 Å². The first-order chi connectivity index (χ1) is 8.83. The highest BCUT2D eigenvalue weighted by molar-refractivity contribution is 5.80. The van der Waals surface area contributed by atoms with Crippen LogP contribution in [0.1, 0.15) is 11.4 Å². The molecule has 0 fully saturated rings. The van der Waals surface area contributed by atoms with Gasteiger partial charge in [-0.25, -0.2) is 4.98 Å². The number of nitrogens with zero attached hydrogens (tertiary/aromatic N) is 1. The summed E-state index contributed by atoms with van der Waals surface area (Å²) in [6.07, 6.45) is 1.63. The molecule has 0 amide bonds. The molecule has 0 spiro atoms. The molecule has 3 rings (SSSR count). The van der Waals surface area contributed by atoms with E-state index in [9.17, 15) is 5.11 Å². The number of H-pyrrole nitrogens is 1. The molecule has 0 radical (unpaired) electrons. The molecule has 0 saturated heterocycles. The molecule has 1 heterocycles. The van der Waals surface area contributed by atoms with Gasteiger partial charge in [0, 0.05) is 11.6 Å². The van der Waals surface area contributed by atoms with Gasteiger partial charge in [0.05, 0.1) is 11.0 Å². The minimum atomic E-state index is 0.203. The van der Waals surface area contributed by atoms with E-state index in [1.165, 1.54) is 0 Å². The van der Waals surface area contributed by atoms with Crippen molar-refractivity contribution in [3.8, 4) is 0 Å². The zero-order chi connectivity index (χ0) is 12.4. The van der Waals surface area contributed by atoms with Crippen LogP contribution in [0.25, 0.3) is 22.9 Å². The van der Waals surface area contributed by atoms with Gasteiger partial charge < -0.3 is 10.1 Å². The van der Waals surface area contributed by atoms with Gasteiger partial charge in [0.15, 0.2) is 0 Å². The van der Waals surface area contributed by atoms with Gasteiger partial charge in [-0.2, -0.15) is 0 Å². The molecule has 0 aliphatic rings. The van der Waals surface area contributed by atoms with Crippen molar-refractivity contribution in [1.29, 1.82) is 0 Å². The number of fused-ring (bicyclic) bond motifs is 1. The van der Waals surface area contributed by atoms with E-state index in [2.05, 4.69) is 9.97 Å². The fourth-order valence-corrected chi connectivity index (χ4v) is 1.86. The fraction of sp³-hybridized carbons (Fsp3) is 0. The second-order valence-corrected chi connectivity index (χ2v) is 4.03. The summed E-state index contributed by atoms with van der Waals surface area (Å²) in [6.45, 7) is 0. The van der Waals surface area contributed by atoms with E-state index in [0.29, 0.717) is 5.82 Å². The monoisotopic (exact) mass is 236 g/mol. The Morgan fingerprint density at radius 1 is 1.00 bits per heavy atom. The van der Waals surface area contributed by atoms with E-state index >= 15 is 0 Å². The Morgan fingerprint density at radius 3 is 2.50 bits per heavy atom. The van der Waals surface area contributed by atoms with Crippen molar-refractivity contribution in [2.24, 2.45) is 0 Å². The minimum Gasteiger partial charge on any atom is -0.507 e. The summed E-state index contributed by atoms with van der Waals surface area (Å²) in [6, 6.07) is 17.2. The lowest BCUT2D eigenvalue weighted by atomic mass is 10.2. The highest BCUT2D eigenvalue weighted by atomic mass is 16.3. The quantitative estimate of drug-likeness (QED) is 0.667. The van der Waals surface area contributed by atoms with Gasteiger partial charge in [0.25, 0.3) is 0 Å². The molecular formula is C15H12N2O. The zero-order valence-corrected chi connectivity index (χ0v) is 9.67. The number of hydrogen-bond donors (Lipinski definition) is 2. The van der Waals surface area contributed by atoms with E-state index in [1.807, 2.05) is 54.6 Å². The lowest BCUT2D eigenvalue weighted by Gasteiger charge is -1.97. The second-order valence-electron chi connectivity index (χ2n) is 4.03. The van der Waals surface area contributed by atoms with Gasteiger partial charge in [-0.3, -0.25) is 0 Å². The number of imidazole rings is 1. The number of aliphatic hydroxyl groups excluding tert-OH is 1. The summed E-state index contributed by atoms with van der Waals surface area (Å²) < 4.78 is 0. The van der Waals surface area contributed by atoms with Crippen LogP contribution in [0.3, 0.4) is 0 Å². The minimum absolute atomic E-state index is 0.203. The Labute approximate surface area is 104 Å². The van der Waals surface area contributed by atoms with Gasteiger partial charge in [-0.15, -0.1) is 0 Å². The van der Waals surface area contributed by atoms with Crippen LogP contribution in [-0.4, -0.2) is 15.1 Å². The van der Waals surface area contributed by atoms with E-state index in [4.69, 9.17) is 0 Å². The predicted molar refractivity (Wildman–Crippen MR) is 73.0 cm³/mol. The molecule has 3 aromatic rings. The Kier molecular flexibility index (Phi) is 2.57. The first-order valence-corrected chi connectivity index (χ1v) is 5.74. The molecule has 3 heteroatoms. The van der Waals surface area contributed by atoms with Crippen LogP contribution in [0.4, 0.5) is 0 Å². The molecule has 18 heavy (non-hydrogen) atoms. The third-order valence-corrected chi connectivity index (χ3v) is 2.75. The number of hydrogen-bond acceptors (Lipinski definition) is 2. The molecule has 3 nitrogen and oxygen atoms in total. The number of rotatable bonds is 2. The summed E-state index contributed by atoms with van der Waals surface area (Å²) in [4.78, 5) is 7.53. The first kappa shape index (κ1) is 10.6. The number of aromatic amines is 1. The summed E-state index contributed by atoms with van der Waals surface area (Å²) in [5, 5.41) is 10.0. The molecule has 0 aliphatic heterocycles. The van der Waals surface area contributed by atoms with Crippen molar-refractivity contribution >= 4 is 22.9 Å². The van der Waals surface area contributed by atoms with Crippen LogP contribution < -0.4 is 0 Å². The fourth-order valence-electron chi connectivity index (χ4n) is 1.86. The van der Waals surface area contributed by atoms with Crippen LogP contribution in [0.5, 0.6) is 0 Å². The molecule has 0 bridgehead atoms. The number of nitrogens with one attached hydrogen (secondary N) is 1. The third kappa shape index (κ3) is 1.98. The normalized spacial score (nSPS) is 11.9. The van der Waals surface area contributed by atoms with Crippen molar-refractivity contribution in [3.05, 3.63) is 66.0 Å². The maximum absolute atomic E-state index is 10.0. The van der Waals surface area contributed by atoms with Gasteiger partial charge in [-0.05, 0) is 12.1 Å². The largest absolute Gasteiger partial charge is 0.507 e. The topological polar surface area (TPSA) is 48.9 Å². The lowest BCUT2D eigenvalue weighted by Crippen LogP contribution is -1.83. The molecule has 2 aromatic carbocycles. The van der Waals surface area contributed by atoms with E-state index in [0.717, 1.165) is 16.6 Å². The summed E-state index contributed by atoms with van der Waals surface area (Å²) in [5.41, 5.74) is 2.63. The highest BCUT2D eigenvalue weighted by Gasteiger charge is 2.02. The van der Waals surface area contributed by atoms with Crippen LogP contribution >= 0.6 is 0 Å². The van der Waals surface area contributed by atoms with Crippen molar-refractivity contribution in [3.63, 3.8) is 0 Å². The molecule has 0 aliphatic carbocycles. The average molecular weight is 236 g/mol. The van der Waals surface area contributed by atoms with E-state index in [1.54, 1.807) is 6.08 Å². The predicted octanol–water partition coefficient (Wildman–Crippen LogP) is 3.62. The van der Waals surface area contributed by atoms with Gasteiger partial charge >= 0.3 is 0 Å². The molecule has 0 unspecified atom stereocenters. The molecule has 88 valence electrons. The summed E-state index contributed by atoms with van der Waals surface area (Å²) >= 11 is 0. The van der Waals surface area contributed by atoms with Crippen molar-refractivity contribution in [1.82, 2.24) is 9.97 Å². The van der Waals surface area contributed by atoms with E-state index in [-0.39, 0.29) is 5.76 Å². The number of benzene rings is 2. The first-order valence-electron chi connectivity index (χ1n) is 5.74. The van der Waals surface area contributed by atoms with Gasteiger partial charge in [-0.1, -0.05) is 42.5 Å². The Balaban J connectivity index is 2.00. The SMILES string of the molecule is OC(=Cc1nc2ccccc2[nH]1)c1ccccc1. The van der Waals surface area contributed by atoms with Gasteiger partial charge in [0.1, 0.15) is 11.6 Å². The summed E-state index contributed by atoms with van der Waals surface area (Å²) in [5.74, 6) is 0.854. The summed E-state index contributed by atoms with van der Waals surface area (Å²) in [7, 11) is 0. The highest BCUT2D eigenvalue weighted by Crippen LogP contribution is 2.16. The molecular weight excluding hydrogens is 224 g/mol. The van der Waals surface area contributed by atoms with Crippen molar-refractivity contribution < 1.29 is 5.11 Å². The van der Waals surface area contributed by atoms with Gasteiger partial charge in [0.2, 0.25) is 0 Å². The van der Waals surface area contributed by atoms with Crippen LogP contribution in [0.15, 0.2) is 54.6 Å². The zero-order valence-electron chi connectivity index (χ0n) is 9.67. The number of aromatic nitrogens is 2. The Bertz CT molecular complexity index is 666. The molecule has 0 saturated carbocycles. The maximum Gasteiger partial charge on any atom is 0.134 e. The van der Waals surface area contributed by atoms with Crippen molar-refractivity contribution in [2.45, 2.75) is 0 Å². The smallest absolute Gasteiger partial charge is 0.134 e. The molecule has 2 N–H and O–H groups in total. The lowest BCUT2D eigenvalue weighted by molar-refractivity contribution is 0.515. The number of para-hydroxylation sites is 2. The van der Waals surface area contributed by atoms with Crippen LogP contribution in [-0.2, 0) is 0 Å². The second kappa shape index (κ2) is 4.37. The number of aliphatic hydroxyl groups is 1.